The molecule has 0 radical (unpaired) electrons. The van der Waals surface area contributed by atoms with E-state index in [1.165, 1.54) is 0 Å². The molecule has 0 aliphatic carbocycles. The molecule has 62 valence electrons. The molecule has 3 nitrogen and oxygen atoms in total. The molecule has 0 aromatic carbocycles. The van der Waals surface area contributed by atoms with Crippen molar-refractivity contribution in [2.24, 2.45) is 5.14 Å². The predicted molar refractivity (Wildman–Crippen MR) is 42.1 cm³/mol. The molecule has 0 aliphatic heterocycles. The molecule has 0 spiro atoms. The molecule has 0 amide bonds. The third kappa shape index (κ3) is 1.70. The molecule has 0 saturated heterocycles. The second-order valence-electron chi connectivity index (χ2n) is 2.70. The lowest BCUT2D eigenvalue weighted by atomic mass is 10.1. The van der Waals surface area contributed by atoms with Gasteiger partial charge in [-0.15, -0.1) is 0 Å². The molecule has 0 aromatic heterocycles. The zero-order valence-electron chi connectivity index (χ0n) is 6.72. The highest BCUT2D eigenvalue weighted by atomic mass is 32.2. The van der Waals surface area contributed by atoms with Crippen LogP contribution in [0.4, 0.5) is 0 Å². The van der Waals surface area contributed by atoms with Crippen molar-refractivity contribution in [3.8, 4) is 0 Å². The lowest BCUT2D eigenvalue weighted by Crippen LogP contribution is -2.39. The highest BCUT2D eigenvalue weighted by molar-refractivity contribution is 7.90. The first kappa shape index (κ1) is 9.91. The standard InChI is InChI=1S/C6H15NO2S/c1-4-6(3,5-2)10(7,8)9/h4-5H2,1-3H3,(H2,7,8,9). The van der Waals surface area contributed by atoms with E-state index >= 15 is 0 Å². The van der Waals surface area contributed by atoms with Crippen LogP contribution in [0.1, 0.15) is 33.6 Å². The molecule has 0 heterocycles. The summed E-state index contributed by atoms with van der Waals surface area (Å²) in [4.78, 5) is 0. The highest BCUT2D eigenvalue weighted by Gasteiger charge is 2.32. The Hall–Kier alpha value is -0.0900. The van der Waals surface area contributed by atoms with Crippen LogP contribution in [0.2, 0.25) is 0 Å². The molecule has 0 fully saturated rings. The van der Waals surface area contributed by atoms with E-state index in [0.29, 0.717) is 12.8 Å². The normalized spacial score (nSPS) is 13.6. The van der Waals surface area contributed by atoms with Crippen molar-refractivity contribution in [3.63, 3.8) is 0 Å². The maximum absolute atomic E-state index is 10.9. The second kappa shape index (κ2) is 2.88. The van der Waals surface area contributed by atoms with Crippen molar-refractivity contribution in [2.45, 2.75) is 38.4 Å². The summed E-state index contributed by atoms with van der Waals surface area (Å²) in [5.41, 5.74) is 0. The Labute approximate surface area is 62.7 Å². The van der Waals surface area contributed by atoms with Gasteiger partial charge in [-0.25, -0.2) is 13.6 Å². The molecule has 0 saturated carbocycles. The van der Waals surface area contributed by atoms with Crippen molar-refractivity contribution in [1.29, 1.82) is 0 Å². The molecule has 0 atom stereocenters. The first-order chi connectivity index (χ1) is 4.37. The summed E-state index contributed by atoms with van der Waals surface area (Å²) in [5.74, 6) is 0. The summed E-state index contributed by atoms with van der Waals surface area (Å²) >= 11 is 0. The van der Waals surface area contributed by atoms with Crippen LogP contribution in [0, 0.1) is 0 Å². The maximum Gasteiger partial charge on any atom is 0.214 e. The maximum atomic E-state index is 10.9. The zero-order chi connectivity index (χ0) is 8.41. The summed E-state index contributed by atoms with van der Waals surface area (Å²) < 4.78 is 21.1. The first-order valence-corrected chi connectivity index (χ1v) is 4.94. The molecule has 2 N–H and O–H groups in total. The zero-order valence-corrected chi connectivity index (χ0v) is 7.53. The monoisotopic (exact) mass is 165 g/mol. The fraction of sp³-hybridized carbons (Fsp3) is 1.00. The minimum absolute atomic E-state index is 0.572. The van der Waals surface area contributed by atoms with E-state index in [-0.39, 0.29) is 0 Å². The first-order valence-electron chi connectivity index (χ1n) is 3.39. The fourth-order valence-corrected chi connectivity index (χ4v) is 1.46. The Bertz CT molecular complexity index is 192. The fourth-order valence-electron chi connectivity index (χ4n) is 0.652. The molecule has 0 unspecified atom stereocenters. The van der Waals surface area contributed by atoms with Crippen LogP contribution < -0.4 is 5.14 Å². The second-order valence-corrected chi connectivity index (χ2v) is 4.78. The van der Waals surface area contributed by atoms with Crippen LogP contribution in [0.3, 0.4) is 0 Å². The van der Waals surface area contributed by atoms with Gasteiger partial charge in [-0.3, -0.25) is 0 Å². The lowest BCUT2D eigenvalue weighted by molar-refractivity contribution is 0.508. The third-order valence-corrected chi connectivity index (χ3v) is 4.13. The number of hydrogen-bond acceptors (Lipinski definition) is 2. The molecular formula is C6H15NO2S. The molecule has 4 heteroatoms. The van der Waals surface area contributed by atoms with Crippen molar-refractivity contribution >= 4 is 10.0 Å². The van der Waals surface area contributed by atoms with Gasteiger partial charge in [-0.2, -0.15) is 0 Å². The minimum Gasteiger partial charge on any atom is -0.228 e. The molecule has 10 heavy (non-hydrogen) atoms. The van der Waals surface area contributed by atoms with Gasteiger partial charge in [0.1, 0.15) is 0 Å². The largest absolute Gasteiger partial charge is 0.228 e. The number of sulfonamides is 1. The third-order valence-electron chi connectivity index (χ3n) is 2.18. The Kier molecular flexibility index (Phi) is 2.86. The average molecular weight is 165 g/mol. The average Bonchev–Trinajstić information content (AvgIpc) is 1.84. The molecule has 0 rings (SSSR count). The minimum atomic E-state index is -3.36. The molecular weight excluding hydrogens is 150 g/mol. The summed E-state index contributed by atoms with van der Waals surface area (Å²) in [5, 5.41) is 5.01. The van der Waals surface area contributed by atoms with Crippen LogP contribution >= 0.6 is 0 Å². The summed E-state index contributed by atoms with van der Waals surface area (Å²) in [6.45, 7) is 5.32. The van der Waals surface area contributed by atoms with E-state index in [9.17, 15) is 8.42 Å². The SMILES string of the molecule is CCC(C)(CC)S(N)(=O)=O. The van der Waals surface area contributed by atoms with Crippen molar-refractivity contribution in [2.75, 3.05) is 0 Å². The van der Waals surface area contributed by atoms with E-state index in [1.807, 2.05) is 13.8 Å². The highest BCUT2D eigenvalue weighted by Crippen LogP contribution is 2.21. The number of nitrogens with two attached hydrogens (primary N) is 1. The van der Waals surface area contributed by atoms with Gasteiger partial charge in [-0.1, -0.05) is 13.8 Å². The number of rotatable bonds is 3. The van der Waals surface area contributed by atoms with Gasteiger partial charge in [0.2, 0.25) is 10.0 Å². The lowest BCUT2D eigenvalue weighted by Gasteiger charge is -2.22. The van der Waals surface area contributed by atoms with Gasteiger partial charge < -0.3 is 0 Å². The van der Waals surface area contributed by atoms with E-state index in [1.54, 1.807) is 6.92 Å². The smallest absolute Gasteiger partial charge is 0.214 e. The van der Waals surface area contributed by atoms with Crippen LogP contribution in [0.15, 0.2) is 0 Å². The summed E-state index contributed by atoms with van der Waals surface area (Å²) in [7, 11) is -3.36. The van der Waals surface area contributed by atoms with Crippen molar-refractivity contribution in [1.82, 2.24) is 0 Å². The van der Waals surface area contributed by atoms with Crippen LogP contribution in [0.5, 0.6) is 0 Å². The van der Waals surface area contributed by atoms with Crippen LogP contribution in [-0.2, 0) is 10.0 Å². The predicted octanol–water partition coefficient (Wildman–Crippen LogP) is 0.854. The van der Waals surface area contributed by atoms with Gasteiger partial charge in [0.25, 0.3) is 0 Å². The van der Waals surface area contributed by atoms with Crippen molar-refractivity contribution < 1.29 is 8.42 Å². The van der Waals surface area contributed by atoms with E-state index < -0.39 is 14.8 Å². The van der Waals surface area contributed by atoms with E-state index in [2.05, 4.69) is 0 Å². The summed E-state index contributed by atoms with van der Waals surface area (Å²) in [6.07, 6.45) is 1.14. The quantitative estimate of drug-likeness (QED) is 0.674. The Balaban J connectivity index is 4.68. The van der Waals surface area contributed by atoms with Gasteiger partial charge in [0.05, 0.1) is 4.75 Å². The summed E-state index contributed by atoms with van der Waals surface area (Å²) in [6, 6.07) is 0. The van der Waals surface area contributed by atoms with Gasteiger partial charge >= 0.3 is 0 Å². The molecule has 0 aliphatic rings. The van der Waals surface area contributed by atoms with E-state index in [0.717, 1.165) is 0 Å². The van der Waals surface area contributed by atoms with Gasteiger partial charge in [0, 0.05) is 0 Å². The Morgan fingerprint density at radius 1 is 1.30 bits per heavy atom. The Morgan fingerprint density at radius 2 is 1.60 bits per heavy atom. The van der Waals surface area contributed by atoms with Gasteiger partial charge in [-0.05, 0) is 19.8 Å². The van der Waals surface area contributed by atoms with Crippen molar-refractivity contribution in [3.05, 3.63) is 0 Å². The van der Waals surface area contributed by atoms with Gasteiger partial charge in [0.15, 0.2) is 0 Å². The topological polar surface area (TPSA) is 60.2 Å². The molecule has 0 bridgehead atoms. The number of hydrogen-bond donors (Lipinski definition) is 1. The molecule has 0 aromatic rings. The Morgan fingerprint density at radius 3 is 1.60 bits per heavy atom. The number of primary sulfonamides is 1. The van der Waals surface area contributed by atoms with Crippen LogP contribution in [0.25, 0.3) is 0 Å². The van der Waals surface area contributed by atoms with Crippen LogP contribution in [-0.4, -0.2) is 13.2 Å². The van der Waals surface area contributed by atoms with E-state index in [4.69, 9.17) is 5.14 Å².